The van der Waals surface area contributed by atoms with Gasteiger partial charge in [0.2, 0.25) is 23.6 Å². The zero-order chi connectivity index (χ0) is 21.0. The van der Waals surface area contributed by atoms with E-state index in [1.165, 1.54) is 0 Å². The lowest BCUT2D eigenvalue weighted by molar-refractivity contribution is -0.165. The van der Waals surface area contributed by atoms with Gasteiger partial charge >= 0.3 is 5.97 Å². The van der Waals surface area contributed by atoms with Gasteiger partial charge in [0.1, 0.15) is 6.04 Å². The van der Waals surface area contributed by atoms with Crippen molar-refractivity contribution in [3.8, 4) is 0 Å². The first kappa shape index (κ1) is 21.9. The van der Waals surface area contributed by atoms with Gasteiger partial charge in [0.15, 0.2) is 6.73 Å². The van der Waals surface area contributed by atoms with Crippen LogP contribution in [0.15, 0.2) is 0 Å². The van der Waals surface area contributed by atoms with Crippen molar-refractivity contribution in [2.45, 2.75) is 45.3 Å². The van der Waals surface area contributed by atoms with Crippen LogP contribution >= 0.6 is 0 Å². The zero-order valence-corrected chi connectivity index (χ0v) is 16.3. The number of nitrogens with one attached hydrogen (secondary N) is 1. The van der Waals surface area contributed by atoms with Crippen molar-refractivity contribution in [2.24, 2.45) is 5.73 Å². The second-order valence-electron chi connectivity index (χ2n) is 7.09. The Morgan fingerprint density at radius 1 is 1.00 bits per heavy atom. The molecule has 4 amide bonds. The topological polar surface area (TPSA) is 142 Å². The third kappa shape index (κ3) is 5.12. The van der Waals surface area contributed by atoms with Crippen LogP contribution < -0.4 is 11.1 Å². The monoisotopic (exact) mass is 397 g/mol. The minimum absolute atomic E-state index is 0.0391. The third-order valence-corrected chi connectivity index (χ3v) is 5.18. The quantitative estimate of drug-likeness (QED) is 0.356. The number of carbonyl (C=O) groups is 5. The molecule has 3 unspecified atom stereocenters. The summed E-state index contributed by atoms with van der Waals surface area (Å²) in [6.45, 7) is 5.01. The van der Waals surface area contributed by atoms with E-state index in [-0.39, 0.29) is 50.1 Å². The van der Waals surface area contributed by atoms with Crippen molar-refractivity contribution in [1.82, 2.24) is 20.0 Å². The van der Waals surface area contributed by atoms with Crippen molar-refractivity contribution in [3.63, 3.8) is 0 Å². The fourth-order valence-electron chi connectivity index (χ4n) is 3.10. The summed E-state index contributed by atoms with van der Waals surface area (Å²) < 4.78 is 4.95. The molecule has 0 aromatic carbocycles. The maximum atomic E-state index is 12.4. The van der Waals surface area contributed by atoms with Crippen molar-refractivity contribution >= 4 is 29.6 Å². The second kappa shape index (κ2) is 9.22. The molecule has 3 atom stereocenters. The summed E-state index contributed by atoms with van der Waals surface area (Å²) in [5, 5.41) is 2.24. The number of imide groups is 2. The largest absolute Gasteiger partial charge is 0.443 e. The number of hydrogen-bond acceptors (Lipinski definition) is 9. The summed E-state index contributed by atoms with van der Waals surface area (Å²) in [5.41, 5.74) is 5.56. The molecule has 0 radical (unpaired) electrons. The molecule has 0 aliphatic carbocycles. The fraction of sp³-hybridized carbons (Fsp3) is 0.706. The van der Waals surface area contributed by atoms with Crippen LogP contribution in [0.2, 0.25) is 0 Å². The lowest BCUT2D eigenvalue weighted by atomic mass is 10.1. The summed E-state index contributed by atoms with van der Waals surface area (Å²) in [4.78, 5) is 63.9. The summed E-state index contributed by atoms with van der Waals surface area (Å²) in [6.07, 6.45) is 0.390. The molecule has 2 aliphatic heterocycles. The Morgan fingerprint density at radius 3 is 1.93 bits per heavy atom. The van der Waals surface area contributed by atoms with E-state index in [9.17, 15) is 24.0 Å². The van der Waals surface area contributed by atoms with Crippen molar-refractivity contribution in [3.05, 3.63) is 0 Å². The molecule has 3 N–H and O–H groups in total. The number of nitrogens with zero attached hydrogens (tertiary/aromatic N) is 3. The molecule has 11 heteroatoms. The van der Waals surface area contributed by atoms with Gasteiger partial charge in [-0.15, -0.1) is 0 Å². The van der Waals surface area contributed by atoms with Gasteiger partial charge in [-0.1, -0.05) is 6.92 Å². The lowest BCUT2D eigenvalue weighted by Crippen LogP contribution is -2.62. The van der Waals surface area contributed by atoms with E-state index < -0.39 is 30.6 Å². The van der Waals surface area contributed by atoms with Crippen LogP contribution in [0.4, 0.5) is 0 Å². The molecule has 2 aliphatic rings. The maximum absolute atomic E-state index is 12.4. The predicted octanol–water partition coefficient (Wildman–Crippen LogP) is -2.37. The first-order valence-corrected chi connectivity index (χ1v) is 9.20. The highest BCUT2D eigenvalue weighted by Crippen LogP contribution is 2.16. The molecule has 0 aromatic heterocycles. The minimum Gasteiger partial charge on any atom is -0.443 e. The van der Waals surface area contributed by atoms with Crippen molar-refractivity contribution < 1.29 is 28.7 Å². The molecular weight excluding hydrogens is 370 g/mol. The molecule has 2 fully saturated rings. The molecule has 0 spiro atoms. The van der Waals surface area contributed by atoms with E-state index in [1.807, 2.05) is 13.8 Å². The number of nitrogens with two attached hydrogens (primary N) is 1. The van der Waals surface area contributed by atoms with Gasteiger partial charge in [0.25, 0.3) is 0 Å². The molecule has 2 heterocycles. The van der Waals surface area contributed by atoms with E-state index >= 15 is 0 Å². The zero-order valence-electron chi connectivity index (χ0n) is 16.3. The number of ether oxygens (including phenoxy) is 1. The number of rotatable bonds is 7. The van der Waals surface area contributed by atoms with Crippen LogP contribution in [-0.4, -0.2) is 95.3 Å². The summed E-state index contributed by atoms with van der Waals surface area (Å²) >= 11 is 0. The first-order valence-electron chi connectivity index (χ1n) is 9.20. The minimum atomic E-state index is -0.795. The summed E-state index contributed by atoms with van der Waals surface area (Å²) in [6, 6.07) is -1.29. The van der Waals surface area contributed by atoms with Gasteiger partial charge in [0, 0.05) is 12.1 Å². The van der Waals surface area contributed by atoms with E-state index in [0.717, 1.165) is 4.90 Å². The normalized spacial score (nSPS) is 22.6. The highest BCUT2D eigenvalue weighted by molar-refractivity contribution is 6.00. The number of carbonyl (C=O) groups excluding carboxylic acids is 5. The molecule has 11 nitrogen and oxygen atoms in total. The Labute approximate surface area is 163 Å². The molecule has 0 aromatic rings. The Kier molecular flexibility index (Phi) is 7.22. The third-order valence-electron chi connectivity index (χ3n) is 5.18. The Morgan fingerprint density at radius 2 is 1.46 bits per heavy atom. The molecule has 156 valence electrons. The van der Waals surface area contributed by atoms with Crippen LogP contribution in [0.3, 0.4) is 0 Å². The van der Waals surface area contributed by atoms with Gasteiger partial charge < -0.3 is 10.5 Å². The lowest BCUT2D eigenvalue weighted by Gasteiger charge is -2.41. The summed E-state index contributed by atoms with van der Waals surface area (Å²) in [5.74, 6) is -2.39. The summed E-state index contributed by atoms with van der Waals surface area (Å²) in [7, 11) is 0. The smallest absolute Gasteiger partial charge is 0.324 e. The second-order valence-corrected chi connectivity index (χ2v) is 7.09. The average molecular weight is 397 g/mol. The fourth-order valence-corrected chi connectivity index (χ4v) is 3.10. The maximum Gasteiger partial charge on any atom is 0.324 e. The van der Waals surface area contributed by atoms with E-state index in [0.29, 0.717) is 6.42 Å². The standard InChI is InChI=1S/C17H27N5O6/c1-4-12(18)17(27)28-9-22-15(25)7-21(8-16(22)26)11(3)10(2)20-5-13(23)19-14(24)6-20/h10-12H,4-9,18H2,1-3H3,(H,19,23,24). The Bertz CT molecular complexity index is 634. The van der Waals surface area contributed by atoms with Gasteiger partial charge in [-0.05, 0) is 20.3 Å². The van der Waals surface area contributed by atoms with E-state index in [2.05, 4.69) is 5.32 Å². The molecule has 0 saturated carbocycles. The van der Waals surface area contributed by atoms with Crippen molar-refractivity contribution in [1.29, 1.82) is 0 Å². The molecule has 0 bridgehead atoms. The van der Waals surface area contributed by atoms with Gasteiger partial charge in [0.05, 0.1) is 26.2 Å². The molecule has 2 rings (SSSR count). The van der Waals surface area contributed by atoms with Crippen molar-refractivity contribution in [2.75, 3.05) is 32.9 Å². The molecule has 28 heavy (non-hydrogen) atoms. The first-order chi connectivity index (χ1) is 13.1. The van der Waals surface area contributed by atoms with Gasteiger partial charge in [-0.25, -0.2) is 4.90 Å². The predicted molar refractivity (Wildman–Crippen MR) is 96.3 cm³/mol. The van der Waals surface area contributed by atoms with Crippen LogP contribution in [0.1, 0.15) is 27.2 Å². The molecular formula is C17H27N5O6. The SMILES string of the molecule is CCC(N)C(=O)OCN1C(=O)CN(C(C)C(C)N2CC(=O)NC(=O)C2)CC1=O. The highest BCUT2D eigenvalue weighted by atomic mass is 16.5. The van der Waals surface area contributed by atoms with Crippen LogP contribution in [0.25, 0.3) is 0 Å². The number of piperazine rings is 2. The van der Waals surface area contributed by atoms with Crippen LogP contribution in [0, 0.1) is 0 Å². The number of amides is 4. The average Bonchev–Trinajstić information content (AvgIpc) is 2.64. The van der Waals surface area contributed by atoms with Crippen LogP contribution in [0.5, 0.6) is 0 Å². The Hall–Kier alpha value is -2.37. The van der Waals surface area contributed by atoms with Gasteiger partial charge in [-0.2, -0.15) is 0 Å². The number of esters is 1. The number of hydrogen-bond donors (Lipinski definition) is 2. The molecule has 2 saturated heterocycles. The highest BCUT2D eigenvalue weighted by Gasteiger charge is 2.38. The van der Waals surface area contributed by atoms with E-state index in [4.69, 9.17) is 10.5 Å². The van der Waals surface area contributed by atoms with E-state index in [1.54, 1.807) is 16.7 Å². The Balaban J connectivity index is 1.94. The van der Waals surface area contributed by atoms with Gasteiger partial charge in [-0.3, -0.25) is 39.1 Å². The van der Waals surface area contributed by atoms with Crippen LogP contribution in [-0.2, 0) is 28.7 Å².